The van der Waals surface area contributed by atoms with E-state index >= 15 is 0 Å². The standard InChI is InChI=1S/C16H29N3O2/c1-14(20)17-15-8-7-9-18(12-15)13-16(21)19-10-5-3-2-4-6-11-19/h15H,2-13H2,1H3,(H,17,20). The van der Waals surface area contributed by atoms with Crippen molar-refractivity contribution in [3.8, 4) is 0 Å². The summed E-state index contributed by atoms with van der Waals surface area (Å²) in [6.07, 6.45) is 8.16. The Morgan fingerprint density at radius 1 is 1.00 bits per heavy atom. The van der Waals surface area contributed by atoms with Gasteiger partial charge in [-0.25, -0.2) is 0 Å². The zero-order valence-corrected chi connectivity index (χ0v) is 13.3. The summed E-state index contributed by atoms with van der Waals surface area (Å²) in [5, 5.41) is 2.98. The molecule has 0 radical (unpaired) electrons. The lowest BCUT2D eigenvalue weighted by atomic mass is 10.1. The van der Waals surface area contributed by atoms with Gasteiger partial charge in [0, 0.05) is 32.6 Å². The molecule has 5 heteroatoms. The first-order valence-electron chi connectivity index (χ1n) is 8.42. The number of nitrogens with one attached hydrogen (secondary N) is 1. The van der Waals surface area contributed by atoms with Crippen LogP contribution < -0.4 is 5.32 Å². The number of likely N-dealkylation sites (tertiary alicyclic amines) is 2. The summed E-state index contributed by atoms with van der Waals surface area (Å²) >= 11 is 0. The Bertz CT molecular complexity index is 351. The van der Waals surface area contributed by atoms with Gasteiger partial charge in [0.15, 0.2) is 0 Å². The first-order valence-corrected chi connectivity index (χ1v) is 8.42. The summed E-state index contributed by atoms with van der Waals surface area (Å²) in [5.74, 6) is 0.289. The van der Waals surface area contributed by atoms with Crippen LogP contribution in [0.2, 0.25) is 0 Å². The fraction of sp³-hybridized carbons (Fsp3) is 0.875. The fourth-order valence-corrected chi connectivity index (χ4v) is 3.39. The number of carbonyl (C=O) groups excluding carboxylic acids is 2. The lowest BCUT2D eigenvalue weighted by Crippen LogP contribution is -2.50. The van der Waals surface area contributed by atoms with Crippen LogP contribution in [0.1, 0.15) is 51.9 Å². The van der Waals surface area contributed by atoms with Gasteiger partial charge in [-0.1, -0.05) is 19.3 Å². The van der Waals surface area contributed by atoms with E-state index < -0.39 is 0 Å². The quantitative estimate of drug-likeness (QED) is 0.856. The highest BCUT2D eigenvalue weighted by atomic mass is 16.2. The predicted octanol–water partition coefficient (Wildman–Crippen LogP) is 1.38. The Kier molecular flexibility index (Phi) is 6.49. The summed E-state index contributed by atoms with van der Waals surface area (Å²) in [5.41, 5.74) is 0. The molecule has 5 nitrogen and oxygen atoms in total. The molecule has 0 aromatic rings. The molecule has 0 saturated carbocycles. The zero-order chi connectivity index (χ0) is 15.1. The largest absolute Gasteiger partial charge is 0.352 e. The fourth-order valence-electron chi connectivity index (χ4n) is 3.39. The van der Waals surface area contributed by atoms with Gasteiger partial charge in [0.1, 0.15) is 0 Å². The maximum absolute atomic E-state index is 12.5. The summed E-state index contributed by atoms with van der Waals surface area (Å²) < 4.78 is 0. The van der Waals surface area contributed by atoms with Gasteiger partial charge in [-0.2, -0.15) is 0 Å². The van der Waals surface area contributed by atoms with Gasteiger partial charge in [0.05, 0.1) is 6.54 Å². The van der Waals surface area contributed by atoms with Crippen LogP contribution in [0.5, 0.6) is 0 Å². The third-order valence-electron chi connectivity index (χ3n) is 4.48. The van der Waals surface area contributed by atoms with E-state index in [9.17, 15) is 9.59 Å². The lowest BCUT2D eigenvalue weighted by molar-refractivity contribution is -0.133. The van der Waals surface area contributed by atoms with E-state index in [0.717, 1.165) is 51.9 Å². The number of rotatable bonds is 3. The average molecular weight is 295 g/mol. The Balaban J connectivity index is 1.79. The van der Waals surface area contributed by atoms with Crippen molar-refractivity contribution in [3.05, 3.63) is 0 Å². The van der Waals surface area contributed by atoms with Gasteiger partial charge < -0.3 is 10.2 Å². The van der Waals surface area contributed by atoms with E-state index in [1.807, 2.05) is 4.90 Å². The molecule has 0 aromatic heterocycles. The maximum atomic E-state index is 12.5. The number of amides is 2. The Hall–Kier alpha value is -1.10. The summed E-state index contributed by atoms with van der Waals surface area (Å²) in [7, 11) is 0. The molecule has 21 heavy (non-hydrogen) atoms. The molecule has 0 aliphatic carbocycles. The van der Waals surface area contributed by atoms with Crippen LogP contribution in [0.4, 0.5) is 0 Å². The molecule has 2 fully saturated rings. The molecule has 2 saturated heterocycles. The third-order valence-corrected chi connectivity index (χ3v) is 4.48. The minimum absolute atomic E-state index is 0.0249. The van der Waals surface area contributed by atoms with Crippen molar-refractivity contribution < 1.29 is 9.59 Å². The second-order valence-electron chi connectivity index (χ2n) is 6.42. The van der Waals surface area contributed by atoms with Crippen LogP contribution in [0.15, 0.2) is 0 Å². The van der Waals surface area contributed by atoms with Crippen molar-refractivity contribution in [2.45, 2.75) is 57.9 Å². The van der Waals surface area contributed by atoms with E-state index in [-0.39, 0.29) is 17.9 Å². The number of piperidine rings is 1. The number of carbonyl (C=O) groups is 2. The van der Waals surface area contributed by atoms with E-state index in [0.29, 0.717) is 6.54 Å². The van der Waals surface area contributed by atoms with Gasteiger partial charge >= 0.3 is 0 Å². The SMILES string of the molecule is CC(=O)NC1CCCN(CC(=O)N2CCCCCCC2)C1. The maximum Gasteiger partial charge on any atom is 0.236 e. The molecule has 2 heterocycles. The highest BCUT2D eigenvalue weighted by molar-refractivity contribution is 5.78. The minimum atomic E-state index is 0.0249. The van der Waals surface area contributed by atoms with E-state index in [2.05, 4.69) is 10.2 Å². The van der Waals surface area contributed by atoms with Crippen molar-refractivity contribution in [3.63, 3.8) is 0 Å². The highest BCUT2D eigenvalue weighted by Crippen LogP contribution is 2.13. The number of hydrogen-bond donors (Lipinski definition) is 1. The van der Waals surface area contributed by atoms with E-state index in [4.69, 9.17) is 0 Å². The molecule has 1 unspecified atom stereocenters. The predicted molar refractivity (Wildman–Crippen MR) is 82.9 cm³/mol. The summed E-state index contributed by atoms with van der Waals surface area (Å²) in [6.45, 7) is 5.68. The zero-order valence-electron chi connectivity index (χ0n) is 13.3. The third kappa shape index (κ3) is 5.65. The first kappa shape index (κ1) is 16.3. The van der Waals surface area contributed by atoms with E-state index in [1.54, 1.807) is 6.92 Å². The van der Waals surface area contributed by atoms with Gasteiger partial charge in [-0.15, -0.1) is 0 Å². The first-order chi connectivity index (χ1) is 10.1. The number of nitrogens with zero attached hydrogens (tertiary/aromatic N) is 2. The summed E-state index contributed by atoms with van der Waals surface area (Å²) in [4.78, 5) is 27.9. The molecule has 2 rings (SSSR count). The normalized spacial score (nSPS) is 25.0. The van der Waals surface area contributed by atoms with Crippen molar-refractivity contribution in [1.29, 1.82) is 0 Å². The van der Waals surface area contributed by atoms with Crippen LogP contribution in [-0.2, 0) is 9.59 Å². The van der Waals surface area contributed by atoms with Gasteiger partial charge in [-0.05, 0) is 32.2 Å². The molecule has 2 amide bonds. The topological polar surface area (TPSA) is 52.7 Å². The Morgan fingerprint density at radius 2 is 1.67 bits per heavy atom. The van der Waals surface area contributed by atoms with Gasteiger partial charge in [-0.3, -0.25) is 14.5 Å². The van der Waals surface area contributed by atoms with Crippen molar-refractivity contribution in [2.24, 2.45) is 0 Å². The molecule has 2 aliphatic heterocycles. The molecule has 0 bridgehead atoms. The minimum Gasteiger partial charge on any atom is -0.352 e. The van der Waals surface area contributed by atoms with Crippen LogP contribution in [-0.4, -0.2) is 60.4 Å². The van der Waals surface area contributed by atoms with Crippen molar-refractivity contribution >= 4 is 11.8 Å². The van der Waals surface area contributed by atoms with Gasteiger partial charge in [0.2, 0.25) is 11.8 Å². The highest BCUT2D eigenvalue weighted by Gasteiger charge is 2.24. The molecule has 2 aliphatic rings. The molecular weight excluding hydrogens is 266 g/mol. The lowest BCUT2D eigenvalue weighted by Gasteiger charge is -2.34. The number of hydrogen-bond acceptors (Lipinski definition) is 3. The monoisotopic (exact) mass is 295 g/mol. The van der Waals surface area contributed by atoms with Crippen molar-refractivity contribution in [1.82, 2.24) is 15.1 Å². The molecule has 0 aromatic carbocycles. The second-order valence-corrected chi connectivity index (χ2v) is 6.42. The van der Waals surface area contributed by atoms with Crippen LogP contribution >= 0.6 is 0 Å². The Labute approximate surface area is 128 Å². The van der Waals surface area contributed by atoms with Crippen molar-refractivity contribution in [2.75, 3.05) is 32.7 Å². The Morgan fingerprint density at radius 3 is 2.33 bits per heavy atom. The van der Waals surface area contributed by atoms with Crippen LogP contribution in [0, 0.1) is 0 Å². The second kappa shape index (κ2) is 8.37. The van der Waals surface area contributed by atoms with E-state index in [1.165, 1.54) is 19.3 Å². The van der Waals surface area contributed by atoms with Gasteiger partial charge in [0.25, 0.3) is 0 Å². The van der Waals surface area contributed by atoms with Crippen LogP contribution in [0.25, 0.3) is 0 Å². The molecule has 1 N–H and O–H groups in total. The molecule has 120 valence electrons. The average Bonchev–Trinajstić information content (AvgIpc) is 2.37. The smallest absolute Gasteiger partial charge is 0.236 e. The van der Waals surface area contributed by atoms with Crippen LogP contribution in [0.3, 0.4) is 0 Å². The summed E-state index contributed by atoms with van der Waals surface area (Å²) in [6, 6.07) is 0.205. The molecular formula is C16H29N3O2. The molecule has 0 spiro atoms. The molecule has 1 atom stereocenters.